The molecule has 0 N–H and O–H groups in total. The van der Waals surface area contributed by atoms with Crippen molar-refractivity contribution in [1.29, 1.82) is 0 Å². The quantitative estimate of drug-likeness (QED) is 0.679. The highest BCUT2D eigenvalue weighted by atomic mass is 16.5. The molecule has 0 bridgehead atoms. The Bertz CT molecular complexity index is 233. The van der Waals surface area contributed by atoms with E-state index in [0.717, 1.165) is 17.7 Å². The van der Waals surface area contributed by atoms with Crippen LogP contribution in [0.5, 0.6) is 5.75 Å². The molecule has 0 fully saturated rings. The Morgan fingerprint density at radius 2 is 2.08 bits per heavy atom. The Morgan fingerprint density at radius 1 is 1.33 bits per heavy atom. The van der Waals surface area contributed by atoms with Gasteiger partial charge in [-0.1, -0.05) is 18.2 Å². The van der Waals surface area contributed by atoms with Gasteiger partial charge in [0.2, 0.25) is 0 Å². The van der Waals surface area contributed by atoms with E-state index < -0.39 is 0 Å². The molecule has 2 nitrogen and oxygen atoms in total. The minimum absolute atomic E-state index is 0.625. The van der Waals surface area contributed by atoms with E-state index in [4.69, 9.17) is 9.47 Å². The molecule has 0 saturated heterocycles. The van der Waals surface area contributed by atoms with Gasteiger partial charge in [-0.25, -0.2) is 0 Å². The molecule has 0 heterocycles. The fourth-order valence-electron chi connectivity index (χ4n) is 1.09. The van der Waals surface area contributed by atoms with Crippen LogP contribution in [0, 0.1) is 7.11 Å². The maximum absolute atomic E-state index is 5.17. The molecule has 0 atom stereocenters. The second-order valence-electron chi connectivity index (χ2n) is 2.47. The summed E-state index contributed by atoms with van der Waals surface area (Å²) in [6.45, 7) is 0.625. The second kappa shape index (κ2) is 4.78. The maximum Gasteiger partial charge on any atom is 0.122 e. The van der Waals surface area contributed by atoms with Gasteiger partial charge in [-0.3, -0.25) is 0 Å². The predicted molar refractivity (Wildman–Crippen MR) is 48.0 cm³/mol. The van der Waals surface area contributed by atoms with E-state index in [-0.39, 0.29) is 0 Å². The molecule has 2 heteroatoms. The highest BCUT2D eigenvalue weighted by Crippen LogP contribution is 2.17. The zero-order valence-electron chi connectivity index (χ0n) is 7.25. The number of benzene rings is 1. The Balaban J connectivity index is 2.68. The molecule has 0 aliphatic heterocycles. The van der Waals surface area contributed by atoms with Crippen molar-refractivity contribution < 1.29 is 9.47 Å². The summed E-state index contributed by atoms with van der Waals surface area (Å²) in [6, 6.07) is 7.91. The molecule has 65 valence electrons. The molecule has 1 radical (unpaired) electrons. The molecule has 0 saturated carbocycles. The molecule has 0 amide bonds. The minimum Gasteiger partial charge on any atom is -0.496 e. The van der Waals surface area contributed by atoms with Crippen molar-refractivity contribution in [3.63, 3.8) is 0 Å². The van der Waals surface area contributed by atoms with Crippen molar-refractivity contribution in [3.05, 3.63) is 36.9 Å². The number of hydrogen-bond acceptors (Lipinski definition) is 2. The smallest absolute Gasteiger partial charge is 0.122 e. The van der Waals surface area contributed by atoms with Gasteiger partial charge in [0, 0.05) is 0 Å². The van der Waals surface area contributed by atoms with Crippen LogP contribution in [0.15, 0.2) is 24.3 Å². The van der Waals surface area contributed by atoms with Crippen LogP contribution in [0.25, 0.3) is 0 Å². The first-order valence-corrected chi connectivity index (χ1v) is 3.87. The molecule has 1 aromatic carbocycles. The van der Waals surface area contributed by atoms with Gasteiger partial charge in [0.25, 0.3) is 0 Å². The number of hydrogen-bond donors (Lipinski definition) is 0. The van der Waals surface area contributed by atoms with Crippen molar-refractivity contribution >= 4 is 0 Å². The van der Waals surface area contributed by atoms with E-state index in [1.165, 1.54) is 0 Å². The Labute approximate surface area is 73.1 Å². The first kappa shape index (κ1) is 9.07. The van der Waals surface area contributed by atoms with Gasteiger partial charge in [0.15, 0.2) is 0 Å². The largest absolute Gasteiger partial charge is 0.496 e. The average Bonchev–Trinajstić information content (AvgIpc) is 2.15. The zero-order valence-corrected chi connectivity index (χ0v) is 7.25. The van der Waals surface area contributed by atoms with Crippen LogP contribution in [0.1, 0.15) is 5.56 Å². The molecule has 0 aliphatic carbocycles. The number of methoxy groups -OCH3 is 1. The average molecular weight is 165 g/mol. The number of para-hydroxylation sites is 1. The fraction of sp³-hybridized carbons (Fsp3) is 0.300. The number of ether oxygens (including phenoxy) is 2. The van der Waals surface area contributed by atoms with Crippen molar-refractivity contribution in [1.82, 2.24) is 0 Å². The van der Waals surface area contributed by atoms with Crippen molar-refractivity contribution in [2.75, 3.05) is 13.7 Å². The Morgan fingerprint density at radius 3 is 2.75 bits per heavy atom. The highest BCUT2D eigenvalue weighted by molar-refractivity contribution is 5.33. The minimum atomic E-state index is 0.625. The summed E-state index contributed by atoms with van der Waals surface area (Å²) < 4.78 is 9.91. The van der Waals surface area contributed by atoms with E-state index in [1.54, 1.807) is 7.11 Å². The van der Waals surface area contributed by atoms with E-state index in [1.807, 2.05) is 24.3 Å². The van der Waals surface area contributed by atoms with Gasteiger partial charge < -0.3 is 9.47 Å². The summed E-state index contributed by atoms with van der Waals surface area (Å²) >= 11 is 0. The summed E-state index contributed by atoms with van der Waals surface area (Å²) in [7, 11) is 4.99. The lowest BCUT2D eigenvalue weighted by molar-refractivity contribution is 0.245. The lowest BCUT2D eigenvalue weighted by atomic mass is 10.1. The third kappa shape index (κ3) is 2.24. The van der Waals surface area contributed by atoms with Crippen molar-refractivity contribution in [3.8, 4) is 5.75 Å². The van der Waals surface area contributed by atoms with Gasteiger partial charge in [-0.2, -0.15) is 0 Å². The Hall–Kier alpha value is -1.02. The van der Waals surface area contributed by atoms with Gasteiger partial charge >= 0.3 is 0 Å². The molecular weight excluding hydrogens is 152 g/mol. The molecule has 0 spiro atoms. The standard InChI is InChI=1S/C10H13O2/c1-11-8-7-9-5-3-4-6-10(9)12-2/h3-6H,1,7-8H2,2H3. The van der Waals surface area contributed by atoms with E-state index in [0.29, 0.717) is 6.61 Å². The molecule has 0 aromatic heterocycles. The van der Waals surface area contributed by atoms with Gasteiger partial charge in [-0.15, -0.1) is 0 Å². The zero-order chi connectivity index (χ0) is 8.81. The third-order valence-corrected chi connectivity index (χ3v) is 1.71. The van der Waals surface area contributed by atoms with Crippen LogP contribution in [-0.2, 0) is 11.2 Å². The van der Waals surface area contributed by atoms with Gasteiger partial charge in [0.05, 0.1) is 20.8 Å². The van der Waals surface area contributed by atoms with Crippen molar-refractivity contribution in [2.24, 2.45) is 0 Å². The number of rotatable bonds is 4. The summed E-state index contributed by atoms with van der Waals surface area (Å²) in [5.74, 6) is 0.912. The first-order chi connectivity index (χ1) is 5.88. The molecule has 12 heavy (non-hydrogen) atoms. The van der Waals surface area contributed by atoms with Gasteiger partial charge in [0.1, 0.15) is 5.75 Å². The third-order valence-electron chi connectivity index (χ3n) is 1.71. The van der Waals surface area contributed by atoms with E-state index in [2.05, 4.69) is 7.11 Å². The fourth-order valence-corrected chi connectivity index (χ4v) is 1.09. The van der Waals surface area contributed by atoms with Crippen molar-refractivity contribution in [2.45, 2.75) is 6.42 Å². The highest BCUT2D eigenvalue weighted by Gasteiger charge is 1.99. The van der Waals surface area contributed by atoms with Gasteiger partial charge in [-0.05, 0) is 18.1 Å². The summed E-state index contributed by atoms with van der Waals surface area (Å²) in [5, 5.41) is 0. The van der Waals surface area contributed by atoms with Crippen LogP contribution in [0.3, 0.4) is 0 Å². The summed E-state index contributed by atoms with van der Waals surface area (Å²) in [6.07, 6.45) is 0.841. The predicted octanol–water partition coefficient (Wildman–Crippen LogP) is 2.05. The second-order valence-corrected chi connectivity index (χ2v) is 2.47. The lowest BCUT2D eigenvalue weighted by Gasteiger charge is -2.06. The Kier molecular flexibility index (Phi) is 3.61. The lowest BCUT2D eigenvalue weighted by Crippen LogP contribution is -1.96. The SMILES string of the molecule is [CH2]OCCc1ccccc1OC. The van der Waals surface area contributed by atoms with Crippen LogP contribution in [0.4, 0.5) is 0 Å². The summed E-state index contributed by atoms with van der Waals surface area (Å²) in [5.41, 5.74) is 1.16. The monoisotopic (exact) mass is 165 g/mol. The maximum atomic E-state index is 5.17. The molecule has 0 unspecified atom stereocenters. The van der Waals surface area contributed by atoms with Crippen LogP contribution in [-0.4, -0.2) is 13.7 Å². The van der Waals surface area contributed by atoms with Crippen LogP contribution >= 0.6 is 0 Å². The van der Waals surface area contributed by atoms with E-state index >= 15 is 0 Å². The topological polar surface area (TPSA) is 18.5 Å². The molecule has 1 rings (SSSR count). The molecule has 1 aromatic rings. The normalized spacial score (nSPS) is 9.83. The van der Waals surface area contributed by atoms with Crippen LogP contribution < -0.4 is 4.74 Å². The van der Waals surface area contributed by atoms with E-state index in [9.17, 15) is 0 Å². The molecule has 0 aliphatic rings. The first-order valence-electron chi connectivity index (χ1n) is 3.87. The van der Waals surface area contributed by atoms with Crippen LogP contribution in [0.2, 0.25) is 0 Å². The molecular formula is C10H13O2. The summed E-state index contributed by atoms with van der Waals surface area (Å²) in [4.78, 5) is 0.